The van der Waals surface area contributed by atoms with Crippen molar-refractivity contribution in [1.29, 1.82) is 0 Å². The number of benzene rings is 2. The lowest BCUT2D eigenvalue weighted by Gasteiger charge is -2.37. The third kappa shape index (κ3) is 3.74. The molecule has 3 rings (SSSR count). The van der Waals surface area contributed by atoms with Crippen LogP contribution in [0.4, 0.5) is 0 Å². The van der Waals surface area contributed by atoms with Crippen LogP contribution in [-0.4, -0.2) is 24.2 Å². The molecule has 1 heterocycles. The van der Waals surface area contributed by atoms with Gasteiger partial charge in [0.15, 0.2) is 0 Å². The second-order valence-electron chi connectivity index (χ2n) is 6.37. The number of rotatable bonds is 4. The van der Waals surface area contributed by atoms with Crippen molar-refractivity contribution in [2.75, 3.05) is 19.3 Å². The van der Waals surface area contributed by atoms with E-state index in [4.69, 9.17) is 0 Å². The predicted octanol–water partition coefficient (Wildman–Crippen LogP) is 5.03. The van der Waals surface area contributed by atoms with E-state index in [2.05, 4.69) is 72.7 Å². The minimum atomic E-state index is 0.708. The maximum absolute atomic E-state index is 2.61. The maximum Gasteiger partial charge on any atom is 0.0233 e. The summed E-state index contributed by atoms with van der Waals surface area (Å²) in [6.07, 6.45) is 3.43. The molecule has 1 fully saturated rings. The summed E-state index contributed by atoms with van der Waals surface area (Å²) >= 11 is 1.84. The summed E-state index contributed by atoms with van der Waals surface area (Å²) in [5.74, 6) is 1.42. The molecular weight excluding hydrogens is 286 g/mol. The van der Waals surface area contributed by atoms with Gasteiger partial charge in [0.05, 0.1) is 0 Å². The first kappa shape index (κ1) is 15.6. The molecule has 0 aromatic heterocycles. The second-order valence-corrected chi connectivity index (χ2v) is 7.25. The molecule has 0 unspecified atom stereocenters. The van der Waals surface area contributed by atoms with Crippen molar-refractivity contribution < 1.29 is 0 Å². The van der Waals surface area contributed by atoms with Crippen molar-refractivity contribution >= 4 is 11.8 Å². The SMILES string of the molecule is CSc1cccc([C@@H]2CCN(Cc3ccccc3)C[C@@H]2C)c1. The molecular formula is C20H25NS. The average molecular weight is 311 g/mol. The number of thioether (sulfide) groups is 1. The van der Waals surface area contributed by atoms with Crippen LogP contribution in [0.5, 0.6) is 0 Å². The van der Waals surface area contributed by atoms with E-state index < -0.39 is 0 Å². The third-order valence-electron chi connectivity index (χ3n) is 4.76. The Kier molecular flexibility index (Phi) is 5.22. The third-order valence-corrected chi connectivity index (χ3v) is 5.49. The van der Waals surface area contributed by atoms with Gasteiger partial charge < -0.3 is 0 Å². The summed E-state index contributed by atoms with van der Waals surface area (Å²) < 4.78 is 0. The highest BCUT2D eigenvalue weighted by molar-refractivity contribution is 7.98. The fourth-order valence-corrected chi connectivity index (χ4v) is 4.05. The number of likely N-dealkylation sites (tertiary alicyclic amines) is 1. The van der Waals surface area contributed by atoms with Crippen molar-refractivity contribution in [2.24, 2.45) is 5.92 Å². The molecule has 2 aromatic carbocycles. The van der Waals surface area contributed by atoms with Gasteiger partial charge in [0.25, 0.3) is 0 Å². The lowest BCUT2D eigenvalue weighted by Crippen LogP contribution is -2.37. The quantitative estimate of drug-likeness (QED) is 0.728. The molecule has 2 aromatic rings. The van der Waals surface area contributed by atoms with Crippen LogP contribution < -0.4 is 0 Å². The van der Waals surface area contributed by atoms with Crippen LogP contribution >= 0.6 is 11.8 Å². The van der Waals surface area contributed by atoms with Crippen LogP contribution in [0.15, 0.2) is 59.5 Å². The topological polar surface area (TPSA) is 3.24 Å². The number of hydrogen-bond donors (Lipinski definition) is 0. The molecule has 22 heavy (non-hydrogen) atoms. The molecule has 0 bridgehead atoms. The Hall–Kier alpha value is -1.25. The van der Waals surface area contributed by atoms with Gasteiger partial charge in [-0.25, -0.2) is 0 Å². The zero-order valence-electron chi connectivity index (χ0n) is 13.5. The van der Waals surface area contributed by atoms with Gasteiger partial charge in [0.1, 0.15) is 0 Å². The predicted molar refractivity (Wildman–Crippen MR) is 96.5 cm³/mol. The van der Waals surface area contributed by atoms with E-state index in [9.17, 15) is 0 Å². The minimum absolute atomic E-state index is 0.708. The van der Waals surface area contributed by atoms with E-state index in [0.717, 1.165) is 12.5 Å². The molecule has 0 spiro atoms. The van der Waals surface area contributed by atoms with Crippen LogP contribution in [0.2, 0.25) is 0 Å². The Morgan fingerprint density at radius 3 is 2.64 bits per heavy atom. The maximum atomic E-state index is 2.61. The molecule has 2 heteroatoms. The highest BCUT2D eigenvalue weighted by Gasteiger charge is 2.27. The van der Waals surface area contributed by atoms with Crippen LogP contribution in [-0.2, 0) is 6.54 Å². The molecule has 1 aliphatic heterocycles. The van der Waals surface area contributed by atoms with Gasteiger partial charge >= 0.3 is 0 Å². The van der Waals surface area contributed by atoms with Gasteiger partial charge in [-0.15, -0.1) is 11.8 Å². The molecule has 0 saturated carbocycles. The molecule has 0 amide bonds. The van der Waals surface area contributed by atoms with E-state index in [1.165, 1.54) is 35.5 Å². The van der Waals surface area contributed by atoms with Crippen molar-refractivity contribution in [1.82, 2.24) is 4.90 Å². The van der Waals surface area contributed by atoms with Crippen LogP contribution in [0, 0.1) is 5.92 Å². The lowest BCUT2D eigenvalue weighted by molar-refractivity contribution is 0.156. The zero-order valence-corrected chi connectivity index (χ0v) is 14.4. The Balaban J connectivity index is 1.64. The van der Waals surface area contributed by atoms with Gasteiger partial charge in [-0.1, -0.05) is 49.4 Å². The van der Waals surface area contributed by atoms with Crippen molar-refractivity contribution in [3.63, 3.8) is 0 Å². The van der Waals surface area contributed by atoms with Gasteiger partial charge in [0, 0.05) is 18.0 Å². The number of piperidine rings is 1. The summed E-state index contributed by atoms with van der Waals surface area (Å²) in [6, 6.07) is 20.0. The number of nitrogens with zero attached hydrogens (tertiary/aromatic N) is 1. The van der Waals surface area contributed by atoms with Crippen LogP contribution in [0.1, 0.15) is 30.4 Å². The monoisotopic (exact) mass is 311 g/mol. The minimum Gasteiger partial charge on any atom is -0.299 e. The van der Waals surface area contributed by atoms with Crippen molar-refractivity contribution in [3.8, 4) is 0 Å². The second kappa shape index (κ2) is 7.34. The van der Waals surface area contributed by atoms with Crippen molar-refractivity contribution in [2.45, 2.75) is 30.7 Å². The largest absolute Gasteiger partial charge is 0.299 e. The van der Waals surface area contributed by atoms with Gasteiger partial charge in [-0.05, 0) is 54.3 Å². The van der Waals surface area contributed by atoms with E-state index in [0.29, 0.717) is 5.92 Å². The van der Waals surface area contributed by atoms with Crippen molar-refractivity contribution in [3.05, 3.63) is 65.7 Å². The fourth-order valence-electron chi connectivity index (χ4n) is 3.58. The molecule has 0 N–H and O–H groups in total. The molecule has 1 saturated heterocycles. The Morgan fingerprint density at radius 1 is 1.09 bits per heavy atom. The Morgan fingerprint density at radius 2 is 1.91 bits per heavy atom. The molecule has 1 nitrogen and oxygen atoms in total. The summed E-state index contributed by atoms with van der Waals surface area (Å²) in [6.45, 7) is 5.90. The fraction of sp³-hybridized carbons (Fsp3) is 0.400. The van der Waals surface area contributed by atoms with Crippen LogP contribution in [0.3, 0.4) is 0 Å². The highest BCUT2D eigenvalue weighted by Crippen LogP contribution is 2.34. The molecule has 1 aliphatic rings. The Labute approximate surface area is 138 Å². The first-order chi connectivity index (χ1) is 10.8. The standard InChI is InChI=1S/C20H25NS/c1-16-14-21(15-17-7-4-3-5-8-17)12-11-20(16)18-9-6-10-19(13-18)22-2/h3-10,13,16,20H,11-12,14-15H2,1-2H3/t16-,20+/m0/s1. The Bertz CT molecular complexity index is 596. The van der Waals surface area contributed by atoms with E-state index >= 15 is 0 Å². The van der Waals surface area contributed by atoms with Gasteiger partial charge in [-0.2, -0.15) is 0 Å². The summed E-state index contributed by atoms with van der Waals surface area (Å²) in [5, 5.41) is 0. The average Bonchev–Trinajstić information content (AvgIpc) is 2.56. The van der Waals surface area contributed by atoms with E-state index in [-0.39, 0.29) is 0 Å². The normalized spacial score (nSPS) is 22.6. The highest BCUT2D eigenvalue weighted by atomic mass is 32.2. The first-order valence-corrected chi connectivity index (χ1v) is 9.39. The smallest absolute Gasteiger partial charge is 0.0233 e. The first-order valence-electron chi connectivity index (χ1n) is 8.16. The zero-order chi connectivity index (χ0) is 15.4. The summed E-state index contributed by atoms with van der Waals surface area (Å²) in [5.41, 5.74) is 2.95. The molecule has 116 valence electrons. The van der Waals surface area contributed by atoms with E-state index in [1.54, 1.807) is 0 Å². The van der Waals surface area contributed by atoms with Gasteiger partial charge in [-0.3, -0.25) is 4.90 Å². The lowest BCUT2D eigenvalue weighted by atomic mass is 9.81. The van der Waals surface area contributed by atoms with E-state index in [1.807, 2.05) is 11.8 Å². The molecule has 2 atom stereocenters. The molecule has 0 aliphatic carbocycles. The van der Waals surface area contributed by atoms with Gasteiger partial charge in [0.2, 0.25) is 0 Å². The molecule has 0 radical (unpaired) electrons. The number of hydrogen-bond acceptors (Lipinski definition) is 2. The van der Waals surface area contributed by atoms with Crippen LogP contribution in [0.25, 0.3) is 0 Å². The summed E-state index contributed by atoms with van der Waals surface area (Å²) in [4.78, 5) is 3.99. The summed E-state index contributed by atoms with van der Waals surface area (Å²) in [7, 11) is 0.